The third-order valence-corrected chi connectivity index (χ3v) is 5.78. The molecule has 192 valence electrons. The van der Waals surface area contributed by atoms with Gasteiger partial charge < -0.3 is 23.4 Å². The summed E-state index contributed by atoms with van der Waals surface area (Å²) in [4.78, 5) is 29.9. The summed E-state index contributed by atoms with van der Waals surface area (Å²) in [7, 11) is -3.71. The van der Waals surface area contributed by atoms with Gasteiger partial charge in [-0.05, 0) is 72.2 Å². The molecule has 0 N–H and O–H groups in total. The first kappa shape index (κ1) is 28.1. The normalized spacial score (nSPS) is 11.8. The standard InChI is InChI=1S/C25H34NO8P/c1-24(2,3)30-22(27)26(32-23(28)31-25(4,5)6)18-13-19-35(29,33-20-14-9-7-10-15-20)34-21-16-11-8-12-17-21/h7-12,14-17H,13,18-19H2,1-6H3. The summed E-state index contributed by atoms with van der Waals surface area (Å²) in [5.74, 6) is 0.751. The van der Waals surface area contributed by atoms with Crippen molar-refractivity contribution in [3.63, 3.8) is 0 Å². The van der Waals surface area contributed by atoms with Crippen molar-refractivity contribution in [1.29, 1.82) is 0 Å². The molecule has 35 heavy (non-hydrogen) atoms. The molecule has 0 fully saturated rings. The van der Waals surface area contributed by atoms with E-state index in [1.54, 1.807) is 90.1 Å². The topological polar surface area (TPSA) is 101 Å². The van der Waals surface area contributed by atoms with Gasteiger partial charge in [-0.15, -0.1) is 5.06 Å². The maximum atomic E-state index is 13.6. The van der Waals surface area contributed by atoms with Crippen molar-refractivity contribution in [3.8, 4) is 11.5 Å². The number of hydroxylamine groups is 2. The Labute approximate surface area is 206 Å². The van der Waals surface area contributed by atoms with Gasteiger partial charge in [-0.3, -0.25) is 0 Å². The molecule has 0 bridgehead atoms. The number of hydrogen-bond donors (Lipinski definition) is 0. The van der Waals surface area contributed by atoms with Crippen molar-refractivity contribution in [2.75, 3.05) is 12.7 Å². The van der Waals surface area contributed by atoms with E-state index in [-0.39, 0.29) is 19.1 Å². The minimum absolute atomic E-state index is 0.0756. The second-order valence-corrected chi connectivity index (χ2v) is 11.7. The van der Waals surface area contributed by atoms with E-state index in [0.717, 1.165) is 5.06 Å². The van der Waals surface area contributed by atoms with Crippen LogP contribution in [0.5, 0.6) is 11.5 Å². The number of ether oxygens (including phenoxy) is 2. The van der Waals surface area contributed by atoms with E-state index in [1.807, 2.05) is 12.1 Å². The molecule has 1 amide bonds. The van der Waals surface area contributed by atoms with Crippen LogP contribution in [0.2, 0.25) is 0 Å². The molecule has 0 aliphatic carbocycles. The average molecular weight is 508 g/mol. The van der Waals surface area contributed by atoms with Gasteiger partial charge in [0.15, 0.2) is 0 Å². The third-order valence-electron chi connectivity index (χ3n) is 3.94. The SMILES string of the molecule is CC(C)(C)OC(=O)ON(CCCP(=O)(Oc1ccccc1)Oc1ccccc1)C(=O)OC(C)(C)C. The summed E-state index contributed by atoms with van der Waals surface area (Å²) in [5, 5.41) is 0.745. The quantitative estimate of drug-likeness (QED) is 0.218. The molecule has 0 unspecified atom stereocenters. The van der Waals surface area contributed by atoms with E-state index in [2.05, 4.69) is 0 Å². The summed E-state index contributed by atoms with van der Waals surface area (Å²) in [5.41, 5.74) is -1.64. The first-order chi connectivity index (χ1) is 16.2. The van der Waals surface area contributed by atoms with Gasteiger partial charge >= 0.3 is 19.8 Å². The van der Waals surface area contributed by atoms with Crippen LogP contribution in [-0.4, -0.2) is 41.2 Å². The number of carbonyl (C=O) groups is 2. The van der Waals surface area contributed by atoms with Crippen LogP contribution in [0.1, 0.15) is 48.0 Å². The highest BCUT2D eigenvalue weighted by atomic mass is 31.2. The summed E-state index contributed by atoms with van der Waals surface area (Å²) < 4.78 is 35.6. The Hall–Kier alpha value is -3.19. The number of carbonyl (C=O) groups excluding carboxylic acids is 2. The minimum atomic E-state index is -3.71. The van der Waals surface area contributed by atoms with Crippen LogP contribution in [0.25, 0.3) is 0 Å². The van der Waals surface area contributed by atoms with E-state index in [9.17, 15) is 14.2 Å². The van der Waals surface area contributed by atoms with E-state index in [1.165, 1.54) is 0 Å². The number of para-hydroxylation sites is 2. The average Bonchev–Trinajstić information content (AvgIpc) is 2.72. The maximum absolute atomic E-state index is 13.6. The smallest absolute Gasteiger partial charge is 0.442 e. The zero-order valence-corrected chi connectivity index (χ0v) is 21.9. The van der Waals surface area contributed by atoms with E-state index in [0.29, 0.717) is 11.5 Å². The van der Waals surface area contributed by atoms with Gasteiger partial charge in [-0.1, -0.05) is 36.4 Å². The second kappa shape index (κ2) is 12.0. The fourth-order valence-electron chi connectivity index (χ4n) is 2.65. The van der Waals surface area contributed by atoms with Crippen LogP contribution in [0.3, 0.4) is 0 Å². The van der Waals surface area contributed by atoms with Gasteiger partial charge in [0.1, 0.15) is 22.7 Å². The molecule has 2 aromatic carbocycles. The Morgan fingerprint density at radius 2 is 1.23 bits per heavy atom. The van der Waals surface area contributed by atoms with Crippen LogP contribution < -0.4 is 9.05 Å². The lowest BCUT2D eigenvalue weighted by Gasteiger charge is -2.27. The van der Waals surface area contributed by atoms with Crippen molar-refractivity contribution in [3.05, 3.63) is 60.7 Å². The van der Waals surface area contributed by atoms with Crippen LogP contribution in [0.15, 0.2) is 60.7 Å². The zero-order chi connectivity index (χ0) is 26.1. The largest absolute Gasteiger partial charge is 0.534 e. The van der Waals surface area contributed by atoms with E-state index in [4.69, 9.17) is 23.4 Å². The van der Waals surface area contributed by atoms with Crippen molar-refractivity contribution < 1.29 is 37.5 Å². The highest BCUT2D eigenvalue weighted by Gasteiger charge is 2.32. The van der Waals surface area contributed by atoms with Crippen LogP contribution in [-0.2, 0) is 18.9 Å². The lowest BCUT2D eigenvalue weighted by Crippen LogP contribution is -2.40. The molecule has 0 radical (unpaired) electrons. The first-order valence-corrected chi connectivity index (χ1v) is 13.0. The molecule has 0 aliphatic heterocycles. The molecular formula is C25H34NO8P. The number of nitrogens with zero attached hydrogens (tertiary/aromatic N) is 1. The van der Waals surface area contributed by atoms with Crippen LogP contribution in [0.4, 0.5) is 9.59 Å². The van der Waals surface area contributed by atoms with E-state index < -0.39 is 31.0 Å². The van der Waals surface area contributed by atoms with Crippen molar-refractivity contribution >= 4 is 19.8 Å². The Bertz CT molecular complexity index is 954. The van der Waals surface area contributed by atoms with Crippen molar-refractivity contribution in [2.24, 2.45) is 0 Å². The number of amides is 1. The summed E-state index contributed by atoms with van der Waals surface area (Å²) >= 11 is 0. The maximum Gasteiger partial charge on any atom is 0.534 e. The summed E-state index contributed by atoms with van der Waals surface area (Å²) in [6.07, 6.45) is -1.91. The monoisotopic (exact) mass is 507 g/mol. The van der Waals surface area contributed by atoms with Gasteiger partial charge in [-0.2, -0.15) is 0 Å². The van der Waals surface area contributed by atoms with Gasteiger partial charge in [0.05, 0.1) is 12.7 Å². The van der Waals surface area contributed by atoms with Crippen molar-refractivity contribution in [2.45, 2.75) is 59.2 Å². The Morgan fingerprint density at radius 3 is 1.66 bits per heavy atom. The first-order valence-electron chi connectivity index (χ1n) is 11.2. The summed E-state index contributed by atoms with van der Waals surface area (Å²) in [6, 6.07) is 17.3. The van der Waals surface area contributed by atoms with Gasteiger partial charge in [-0.25, -0.2) is 14.2 Å². The molecule has 0 aliphatic rings. The third kappa shape index (κ3) is 11.2. The molecule has 2 aromatic rings. The van der Waals surface area contributed by atoms with Gasteiger partial charge in [0, 0.05) is 0 Å². The highest BCUT2D eigenvalue weighted by Crippen LogP contribution is 2.49. The molecule has 0 heterocycles. The fraction of sp³-hybridized carbons (Fsp3) is 0.440. The molecule has 2 rings (SSSR count). The second-order valence-electron chi connectivity index (χ2n) is 9.63. The predicted octanol–water partition coefficient (Wildman–Crippen LogP) is 6.83. The Kier molecular flexibility index (Phi) is 9.60. The van der Waals surface area contributed by atoms with Crippen molar-refractivity contribution in [1.82, 2.24) is 5.06 Å². The molecule has 0 spiro atoms. The predicted molar refractivity (Wildman–Crippen MR) is 131 cm³/mol. The van der Waals surface area contributed by atoms with Gasteiger partial charge in [0.2, 0.25) is 0 Å². The lowest BCUT2D eigenvalue weighted by atomic mass is 10.2. The highest BCUT2D eigenvalue weighted by molar-refractivity contribution is 7.54. The molecule has 0 aromatic heterocycles. The number of hydrogen-bond acceptors (Lipinski definition) is 8. The number of rotatable bonds is 8. The molecule has 0 saturated heterocycles. The molecule has 0 saturated carbocycles. The van der Waals surface area contributed by atoms with Crippen LogP contribution >= 0.6 is 7.60 Å². The molecule has 10 heteroatoms. The fourth-order valence-corrected chi connectivity index (χ4v) is 4.28. The summed E-state index contributed by atoms with van der Waals surface area (Å²) in [6.45, 7) is 9.94. The van der Waals surface area contributed by atoms with Gasteiger partial charge in [0.25, 0.3) is 0 Å². The zero-order valence-electron chi connectivity index (χ0n) is 21.1. The Morgan fingerprint density at radius 1 is 0.771 bits per heavy atom. The molecular weight excluding hydrogens is 473 g/mol. The van der Waals surface area contributed by atoms with E-state index >= 15 is 0 Å². The molecule has 9 nitrogen and oxygen atoms in total. The molecule has 0 atom stereocenters. The Balaban J connectivity index is 2.14. The lowest BCUT2D eigenvalue weighted by molar-refractivity contribution is -0.135. The number of benzene rings is 2. The van der Waals surface area contributed by atoms with Crippen LogP contribution in [0, 0.1) is 0 Å². The minimum Gasteiger partial charge on any atom is -0.442 e.